The van der Waals surface area contributed by atoms with Crippen LogP contribution in [-0.2, 0) is 0 Å². The molecular formula is C27H29FIN5O. The molecule has 2 aliphatic carbocycles. The van der Waals surface area contributed by atoms with Crippen molar-refractivity contribution in [2.75, 3.05) is 41.3 Å². The molecule has 6 nitrogen and oxygen atoms in total. The first-order valence-corrected chi connectivity index (χ1v) is 13.8. The lowest BCUT2D eigenvalue weighted by Gasteiger charge is -2.56. The molecule has 1 aromatic carbocycles. The van der Waals surface area contributed by atoms with Gasteiger partial charge in [0.15, 0.2) is 5.65 Å². The number of anilines is 3. The molecule has 2 saturated heterocycles. The molecule has 2 saturated carbocycles. The van der Waals surface area contributed by atoms with Gasteiger partial charge >= 0.3 is 0 Å². The number of nitrogens with one attached hydrogen (secondary N) is 1. The van der Waals surface area contributed by atoms with Gasteiger partial charge in [0.05, 0.1) is 28.8 Å². The van der Waals surface area contributed by atoms with Crippen LogP contribution >= 0.6 is 22.6 Å². The average molecular weight is 585 g/mol. The summed E-state index contributed by atoms with van der Waals surface area (Å²) in [5.41, 5.74) is 4.76. The first-order valence-electron chi connectivity index (χ1n) is 12.7. The molecule has 2 aromatic heterocycles. The van der Waals surface area contributed by atoms with Crippen molar-refractivity contribution in [1.82, 2.24) is 9.38 Å². The van der Waals surface area contributed by atoms with Gasteiger partial charge in [-0.3, -0.25) is 9.20 Å². The number of hydrogen-bond acceptors (Lipinski definition) is 4. The first-order chi connectivity index (χ1) is 16.9. The average Bonchev–Trinajstić information content (AvgIpc) is 3.44. The van der Waals surface area contributed by atoms with Crippen LogP contribution in [0.3, 0.4) is 0 Å². The van der Waals surface area contributed by atoms with E-state index in [9.17, 15) is 9.18 Å². The number of benzene rings is 1. The molecule has 0 atom stereocenters. The molecule has 4 fully saturated rings. The second-order valence-corrected chi connectivity index (χ2v) is 12.4. The summed E-state index contributed by atoms with van der Waals surface area (Å²) in [4.78, 5) is 22.5. The summed E-state index contributed by atoms with van der Waals surface area (Å²) in [6.07, 6.45) is 11.9. The van der Waals surface area contributed by atoms with E-state index in [1.807, 2.05) is 18.2 Å². The molecule has 2 aliphatic heterocycles. The van der Waals surface area contributed by atoms with Crippen molar-refractivity contribution in [3.8, 4) is 0 Å². The van der Waals surface area contributed by atoms with Gasteiger partial charge in [-0.1, -0.05) is 6.42 Å². The van der Waals surface area contributed by atoms with Gasteiger partial charge in [0.25, 0.3) is 5.91 Å². The van der Waals surface area contributed by atoms with Crippen LogP contribution < -0.4 is 15.1 Å². The van der Waals surface area contributed by atoms with Crippen LogP contribution in [0.15, 0.2) is 36.7 Å². The molecule has 2 spiro atoms. The molecule has 8 heteroatoms. The number of carbonyl (C=O) groups excluding carboxylic acids is 1. The number of rotatable bonds is 4. The van der Waals surface area contributed by atoms with E-state index in [1.54, 1.807) is 6.20 Å². The maximum absolute atomic E-state index is 14.6. The van der Waals surface area contributed by atoms with Gasteiger partial charge in [-0.05, 0) is 90.8 Å². The highest BCUT2D eigenvalue weighted by Gasteiger charge is 2.48. The van der Waals surface area contributed by atoms with Crippen LogP contribution in [0.2, 0.25) is 0 Å². The van der Waals surface area contributed by atoms with E-state index in [0.29, 0.717) is 27.7 Å². The standard InChI is InChI=1S/C27H29FIN5O/c28-23-14-30-24-22(33-16-27(17-33)4-1-5-27)13-19(15-34(23)24)31-25(35)20-3-2-18(29)12-21(20)32-10-8-26(6-7-26)9-11-32/h2-3,12-15H,1,4-11,16-17H2,(H,31,35). The summed E-state index contributed by atoms with van der Waals surface area (Å²) >= 11 is 2.31. The van der Waals surface area contributed by atoms with Gasteiger partial charge in [-0.15, -0.1) is 0 Å². The lowest BCUT2D eigenvalue weighted by atomic mass is 9.63. The van der Waals surface area contributed by atoms with Crippen LogP contribution in [0, 0.1) is 20.3 Å². The van der Waals surface area contributed by atoms with Gasteiger partial charge in [-0.25, -0.2) is 4.98 Å². The van der Waals surface area contributed by atoms with Crippen molar-refractivity contribution in [3.05, 3.63) is 51.7 Å². The van der Waals surface area contributed by atoms with E-state index in [1.165, 1.54) is 55.5 Å². The molecule has 4 heterocycles. The SMILES string of the molecule is O=C(Nc1cc(N2CC3(CCC3)C2)c2ncc(F)n2c1)c1ccc(I)cc1N1CCC2(CC1)CC2. The lowest BCUT2D eigenvalue weighted by molar-refractivity contribution is 0.0905. The highest BCUT2D eigenvalue weighted by atomic mass is 127. The Labute approximate surface area is 218 Å². The quantitative estimate of drug-likeness (QED) is 0.400. The number of piperidine rings is 1. The zero-order valence-corrected chi connectivity index (χ0v) is 21.9. The topological polar surface area (TPSA) is 52.9 Å². The Morgan fingerprint density at radius 3 is 2.43 bits per heavy atom. The molecule has 182 valence electrons. The zero-order chi connectivity index (χ0) is 23.8. The predicted molar refractivity (Wildman–Crippen MR) is 144 cm³/mol. The third kappa shape index (κ3) is 3.70. The fraction of sp³-hybridized carbons (Fsp3) is 0.481. The molecule has 4 aliphatic rings. The van der Waals surface area contributed by atoms with Crippen LogP contribution in [0.25, 0.3) is 5.65 Å². The first kappa shape index (κ1) is 21.9. The van der Waals surface area contributed by atoms with E-state index < -0.39 is 5.95 Å². The Morgan fingerprint density at radius 1 is 0.971 bits per heavy atom. The van der Waals surface area contributed by atoms with Crippen molar-refractivity contribution >= 4 is 51.2 Å². The largest absolute Gasteiger partial charge is 0.371 e. The molecule has 35 heavy (non-hydrogen) atoms. The number of nitrogens with zero attached hydrogens (tertiary/aromatic N) is 4. The predicted octanol–water partition coefficient (Wildman–Crippen LogP) is 5.70. The minimum absolute atomic E-state index is 0.159. The van der Waals surface area contributed by atoms with E-state index in [4.69, 9.17) is 0 Å². The number of halogens is 2. The van der Waals surface area contributed by atoms with Crippen molar-refractivity contribution < 1.29 is 9.18 Å². The van der Waals surface area contributed by atoms with Crippen LogP contribution in [0.4, 0.5) is 21.5 Å². The van der Waals surface area contributed by atoms with Crippen LogP contribution in [0.1, 0.15) is 55.3 Å². The fourth-order valence-corrected chi connectivity index (χ4v) is 6.80. The Balaban J connectivity index is 1.18. The maximum atomic E-state index is 14.6. The van der Waals surface area contributed by atoms with E-state index in [-0.39, 0.29) is 5.91 Å². The third-order valence-electron chi connectivity index (χ3n) is 8.93. The minimum Gasteiger partial charge on any atom is -0.371 e. The molecule has 0 unspecified atom stereocenters. The Bertz CT molecular complexity index is 1330. The van der Waals surface area contributed by atoms with Crippen LogP contribution in [-0.4, -0.2) is 41.5 Å². The van der Waals surface area contributed by atoms with Gasteiger partial charge in [0.2, 0.25) is 5.95 Å². The van der Waals surface area contributed by atoms with Crippen molar-refractivity contribution in [2.24, 2.45) is 10.8 Å². The lowest BCUT2D eigenvalue weighted by Crippen LogP contribution is -2.60. The molecule has 1 N–H and O–H groups in total. The third-order valence-corrected chi connectivity index (χ3v) is 9.60. The summed E-state index contributed by atoms with van der Waals surface area (Å²) in [5, 5.41) is 3.08. The number of pyridine rings is 1. The fourth-order valence-electron chi connectivity index (χ4n) is 6.32. The Hall–Kier alpha value is -2.36. The monoisotopic (exact) mass is 585 g/mol. The summed E-state index contributed by atoms with van der Waals surface area (Å²) in [7, 11) is 0. The summed E-state index contributed by atoms with van der Waals surface area (Å²) < 4.78 is 17.1. The van der Waals surface area contributed by atoms with E-state index in [0.717, 1.165) is 41.1 Å². The minimum atomic E-state index is -0.423. The van der Waals surface area contributed by atoms with Gasteiger partial charge in [-0.2, -0.15) is 4.39 Å². The van der Waals surface area contributed by atoms with Gasteiger partial charge in [0, 0.05) is 41.4 Å². The van der Waals surface area contributed by atoms with Gasteiger partial charge < -0.3 is 15.1 Å². The smallest absolute Gasteiger partial charge is 0.257 e. The number of imidazole rings is 1. The molecule has 3 aromatic rings. The van der Waals surface area contributed by atoms with Crippen LogP contribution in [0.5, 0.6) is 0 Å². The van der Waals surface area contributed by atoms with Crippen molar-refractivity contribution in [2.45, 2.75) is 44.9 Å². The normalized spacial score (nSPS) is 21.8. The highest BCUT2D eigenvalue weighted by molar-refractivity contribution is 14.1. The molecular weight excluding hydrogens is 556 g/mol. The zero-order valence-electron chi connectivity index (χ0n) is 19.7. The maximum Gasteiger partial charge on any atom is 0.257 e. The Kier molecular flexibility index (Phi) is 4.89. The summed E-state index contributed by atoms with van der Waals surface area (Å²) in [6.45, 7) is 3.94. The molecule has 0 bridgehead atoms. The molecule has 7 rings (SSSR count). The number of fused-ring (bicyclic) bond motifs is 1. The number of carbonyl (C=O) groups is 1. The van der Waals surface area contributed by atoms with E-state index in [2.05, 4.69) is 48.8 Å². The Morgan fingerprint density at radius 2 is 1.74 bits per heavy atom. The molecule has 1 amide bonds. The second-order valence-electron chi connectivity index (χ2n) is 11.2. The van der Waals surface area contributed by atoms with E-state index >= 15 is 0 Å². The summed E-state index contributed by atoms with van der Waals surface area (Å²) in [6, 6.07) is 7.96. The molecule has 0 radical (unpaired) electrons. The highest BCUT2D eigenvalue weighted by Crippen LogP contribution is 2.54. The number of amides is 1. The number of hydrogen-bond donors (Lipinski definition) is 1. The second kappa shape index (κ2) is 7.82. The number of aromatic nitrogens is 2. The van der Waals surface area contributed by atoms with Crippen molar-refractivity contribution in [1.29, 1.82) is 0 Å². The van der Waals surface area contributed by atoms with Crippen molar-refractivity contribution in [3.63, 3.8) is 0 Å². The summed E-state index contributed by atoms with van der Waals surface area (Å²) in [5.74, 6) is -0.582. The van der Waals surface area contributed by atoms with Gasteiger partial charge in [0.1, 0.15) is 0 Å².